The highest BCUT2D eigenvalue weighted by Gasteiger charge is 2.41. The molecule has 0 saturated heterocycles. The zero-order valence-electron chi connectivity index (χ0n) is 19.0. The topological polar surface area (TPSA) is 40.2 Å². The van der Waals surface area contributed by atoms with Crippen molar-refractivity contribution in [1.29, 1.82) is 0 Å². The van der Waals surface area contributed by atoms with Crippen molar-refractivity contribution in [2.75, 3.05) is 27.1 Å². The lowest BCUT2D eigenvalue weighted by atomic mass is 9.80. The van der Waals surface area contributed by atoms with E-state index in [0.29, 0.717) is 25.4 Å². The van der Waals surface area contributed by atoms with E-state index in [2.05, 4.69) is 42.2 Å². The third-order valence-corrected chi connectivity index (χ3v) is 7.44. The first-order valence-corrected chi connectivity index (χ1v) is 12.0. The van der Waals surface area contributed by atoms with Gasteiger partial charge in [-0.25, -0.2) is 0 Å². The number of ether oxygens (including phenoxy) is 4. The average Bonchev–Trinajstić information content (AvgIpc) is 3.51. The molecule has 5 nitrogen and oxygen atoms in total. The quantitative estimate of drug-likeness (QED) is 0.595. The van der Waals surface area contributed by atoms with E-state index >= 15 is 0 Å². The van der Waals surface area contributed by atoms with Gasteiger partial charge in [-0.05, 0) is 67.0 Å². The highest BCUT2D eigenvalue weighted by atomic mass is 16.7. The molecule has 1 atom stereocenters. The maximum Gasteiger partial charge on any atom is 0.231 e. The Morgan fingerprint density at radius 3 is 2.69 bits per heavy atom. The van der Waals surface area contributed by atoms with E-state index in [4.69, 9.17) is 18.9 Å². The van der Waals surface area contributed by atoms with Gasteiger partial charge < -0.3 is 23.8 Å². The second-order valence-electron chi connectivity index (χ2n) is 9.27. The normalized spacial score (nSPS) is 21.0. The number of benzene rings is 2. The molecule has 4 aliphatic rings. The van der Waals surface area contributed by atoms with Gasteiger partial charge in [-0.3, -0.25) is 0 Å². The molecule has 32 heavy (non-hydrogen) atoms. The van der Waals surface area contributed by atoms with Crippen LogP contribution < -0.4 is 18.9 Å². The summed E-state index contributed by atoms with van der Waals surface area (Å²) in [7, 11) is 1.75. The van der Waals surface area contributed by atoms with E-state index in [1.54, 1.807) is 7.11 Å². The van der Waals surface area contributed by atoms with Crippen molar-refractivity contribution in [2.45, 2.75) is 51.5 Å². The Morgan fingerprint density at radius 1 is 1.09 bits per heavy atom. The van der Waals surface area contributed by atoms with Gasteiger partial charge in [0, 0.05) is 23.4 Å². The van der Waals surface area contributed by atoms with Gasteiger partial charge in [0.15, 0.2) is 23.0 Å². The third kappa shape index (κ3) is 3.05. The maximum absolute atomic E-state index is 6.36. The van der Waals surface area contributed by atoms with E-state index in [1.807, 2.05) is 0 Å². The van der Waals surface area contributed by atoms with E-state index in [9.17, 15) is 0 Å². The molecule has 3 heterocycles. The fourth-order valence-corrected chi connectivity index (χ4v) is 6.00. The Balaban J connectivity index is 1.54. The first kappa shape index (κ1) is 19.8. The van der Waals surface area contributed by atoms with Gasteiger partial charge >= 0.3 is 0 Å². The zero-order valence-corrected chi connectivity index (χ0v) is 19.0. The van der Waals surface area contributed by atoms with Crippen molar-refractivity contribution >= 4 is 11.8 Å². The lowest BCUT2D eigenvalue weighted by Gasteiger charge is -2.46. The van der Waals surface area contributed by atoms with E-state index < -0.39 is 0 Å². The van der Waals surface area contributed by atoms with E-state index in [-0.39, 0.29) is 0 Å². The Hall–Kier alpha value is -2.82. The summed E-state index contributed by atoms with van der Waals surface area (Å²) in [5.41, 5.74) is 6.51. The van der Waals surface area contributed by atoms with Crippen molar-refractivity contribution in [3.8, 4) is 23.0 Å². The summed E-state index contributed by atoms with van der Waals surface area (Å²) >= 11 is 0. The smallest absolute Gasteiger partial charge is 0.231 e. The molecule has 0 N–H and O–H groups in total. The fraction of sp³-hybridized carbons (Fsp3) is 0.481. The van der Waals surface area contributed by atoms with Crippen LogP contribution in [0.25, 0.3) is 11.8 Å². The van der Waals surface area contributed by atoms with Gasteiger partial charge in [0.2, 0.25) is 6.79 Å². The van der Waals surface area contributed by atoms with Gasteiger partial charge in [-0.2, -0.15) is 0 Å². The summed E-state index contributed by atoms with van der Waals surface area (Å²) in [6.45, 7) is 4.17. The fourth-order valence-electron chi connectivity index (χ4n) is 6.00. The largest absolute Gasteiger partial charge is 0.493 e. The van der Waals surface area contributed by atoms with Crippen molar-refractivity contribution in [1.82, 2.24) is 4.90 Å². The van der Waals surface area contributed by atoms with Gasteiger partial charge in [-0.15, -0.1) is 0 Å². The standard InChI is InChI=1S/C27H31NO4/c1-3-12-30-27-22(29-2)9-8-19-13-21-20-15-24-23(31-16-32-24)14-18(20)10-11-28(21)26(25(19)27)17-6-4-5-7-17/h8-9,13-15,17,26H,3-7,10-12,16H2,1-2H3/t26-/m1/s1. The van der Waals surface area contributed by atoms with Crippen LogP contribution in [-0.2, 0) is 6.42 Å². The minimum Gasteiger partial charge on any atom is -0.493 e. The number of fused-ring (bicyclic) bond motifs is 5. The second kappa shape index (κ2) is 7.95. The summed E-state index contributed by atoms with van der Waals surface area (Å²) in [5, 5.41) is 0. The molecule has 1 aliphatic carbocycles. The van der Waals surface area contributed by atoms with Crippen molar-refractivity contribution in [3.63, 3.8) is 0 Å². The van der Waals surface area contributed by atoms with Crippen LogP contribution in [0.15, 0.2) is 24.3 Å². The first-order valence-electron chi connectivity index (χ1n) is 12.0. The number of methoxy groups -OCH3 is 1. The molecule has 5 heteroatoms. The van der Waals surface area contributed by atoms with Crippen LogP contribution in [0.4, 0.5) is 0 Å². The lowest BCUT2D eigenvalue weighted by molar-refractivity contribution is 0.174. The molecular weight excluding hydrogens is 402 g/mol. The number of nitrogens with zero attached hydrogens (tertiary/aromatic N) is 1. The molecule has 0 amide bonds. The molecule has 0 spiro atoms. The van der Waals surface area contributed by atoms with E-state index in [1.165, 1.54) is 53.6 Å². The van der Waals surface area contributed by atoms with Crippen LogP contribution >= 0.6 is 0 Å². The van der Waals surface area contributed by atoms with Crippen molar-refractivity contribution in [3.05, 3.63) is 46.5 Å². The summed E-state index contributed by atoms with van der Waals surface area (Å²) in [5.74, 6) is 4.15. The molecule has 2 aromatic carbocycles. The van der Waals surface area contributed by atoms with Crippen LogP contribution in [0.3, 0.4) is 0 Å². The Labute approximate surface area is 189 Å². The van der Waals surface area contributed by atoms with Crippen LogP contribution in [0.1, 0.15) is 67.3 Å². The number of rotatable bonds is 5. The SMILES string of the molecule is CCCOc1c(OC)ccc2c1[C@@H](C1CCCC1)N1CCc3cc4c(cc3C1=C2)OCO4. The molecule has 6 rings (SSSR count). The summed E-state index contributed by atoms with van der Waals surface area (Å²) in [6, 6.07) is 8.95. The molecule has 2 aromatic rings. The molecule has 0 aromatic heterocycles. The minimum atomic E-state index is 0.312. The van der Waals surface area contributed by atoms with Crippen molar-refractivity contribution < 1.29 is 18.9 Å². The van der Waals surface area contributed by atoms with Crippen LogP contribution in [0.5, 0.6) is 23.0 Å². The predicted octanol–water partition coefficient (Wildman–Crippen LogP) is 5.81. The summed E-state index contributed by atoms with van der Waals surface area (Å²) < 4.78 is 23.5. The number of hydrogen-bond acceptors (Lipinski definition) is 5. The van der Waals surface area contributed by atoms with Crippen molar-refractivity contribution in [2.24, 2.45) is 5.92 Å². The molecule has 0 unspecified atom stereocenters. The highest BCUT2D eigenvalue weighted by molar-refractivity contribution is 5.88. The monoisotopic (exact) mass is 433 g/mol. The molecule has 1 saturated carbocycles. The van der Waals surface area contributed by atoms with Gasteiger partial charge in [0.1, 0.15) is 0 Å². The average molecular weight is 434 g/mol. The summed E-state index contributed by atoms with van der Waals surface area (Å²) in [4.78, 5) is 2.64. The maximum atomic E-state index is 6.36. The molecular formula is C27H31NO4. The molecule has 1 fully saturated rings. The summed E-state index contributed by atoms with van der Waals surface area (Å²) in [6.07, 6.45) is 9.50. The number of hydrogen-bond donors (Lipinski definition) is 0. The van der Waals surface area contributed by atoms with Crippen LogP contribution in [0.2, 0.25) is 0 Å². The third-order valence-electron chi connectivity index (χ3n) is 7.44. The first-order chi connectivity index (χ1) is 15.8. The Kier molecular flexibility index (Phi) is 4.93. The molecule has 0 radical (unpaired) electrons. The zero-order chi connectivity index (χ0) is 21.7. The van der Waals surface area contributed by atoms with E-state index in [0.717, 1.165) is 42.4 Å². The minimum absolute atomic E-state index is 0.312. The Bertz CT molecular complexity index is 1070. The molecule has 0 bridgehead atoms. The molecule has 3 aliphatic heterocycles. The Morgan fingerprint density at radius 2 is 1.91 bits per heavy atom. The van der Waals surface area contributed by atoms with Crippen LogP contribution in [-0.4, -0.2) is 32.0 Å². The van der Waals surface area contributed by atoms with Gasteiger partial charge in [0.05, 0.1) is 19.8 Å². The van der Waals surface area contributed by atoms with Gasteiger partial charge in [-0.1, -0.05) is 25.8 Å². The van der Waals surface area contributed by atoms with Crippen LogP contribution in [0, 0.1) is 5.92 Å². The highest BCUT2D eigenvalue weighted by Crippen LogP contribution is 2.54. The second-order valence-corrected chi connectivity index (χ2v) is 9.27. The predicted molar refractivity (Wildman–Crippen MR) is 124 cm³/mol. The van der Waals surface area contributed by atoms with Gasteiger partial charge in [0.25, 0.3) is 0 Å². The lowest BCUT2D eigenvalue weighted by Crippen LogP contribution is -2.38. The molecule has 168 valence electrons.